The van der Waals surface area contributed by atoms with Gasteiger partial charge in [-0.2, -0.15) is 0 Å². The summed E-state index contributed by atoms with van der Waals surface area (Å²) in [6.45, 7) is 3.44. The average molecular weight is 194 g/mol. The second-order valence-electron chi connectivity index (χ2n) is 2.89. The standard InChI is InChI=1S/C11H14O3/c1-3-4-8-9(7-12)11(14-2)6-5-10(8)13/h3,5-6,12-13H,1,4,7H2,2H3. The molecule has 0 bridgehead atoms. The van der Waals surface area contributed by atoms with E-state index >= 15 is 0 Å². The van der Waals surface area contributed by atoms with Crippen LogP contribution in [0.4, 0.5) is 0 Å². The maximum atomic E-state index is 9.56. The van der Waals surface area contributed by atoms with Crippen LogP contribution < -0.4 is 4.74 Å². The van der Waals surface area contributed by atoms with Crippen molar-refractivity contribution in [1.29, 1.82) is 0 Å². The van der Waals surface area contributed by atoms with Crippen LogP contribution in [0.5, 0.6) is 11.5 Å². The summed E-state index contributed by atoms with van der Waals surface area (Å²) in [7, 11) is 1.53. The summed E-state index contributed by atoms with van der Waals surface area (Å²) in [5.74, 6) is 0.747. The Morgan fingerprint density at radius 3 is 2.64 bits per heavy atom. The van der Waals surface area contributed by atoms with Gasteiger partial charge in [-0.25, -0.2) is 0 Å². The van der Waals surface area contributed by atoms with Gasteiger partial charge in [0.05, 0.1) is 13.7 Å². The summed E-state index contributed by atoms with van der Waals surface area (Å²) < 4.78 is 5.07. The normalized spacial score (nSPS) is 9.86. The molecular weight excluding hydrogens is 180 g/mol. The van der Waals surface area contributed by atoms with Crippen molar-refractivity contribution in [3.05, 3.63) is 35.9 Å². The first-order valence-corrected chi connectivity index (χ1v) is 4.34. The molecule has 0 saturated carbocycles. The van der Waals surface area contributed by atoms with Crippen LogP contribution in [0.1, 0.15) is 11.1 Å². The molecule has 0 heterocycles. The van der Waals surface area contributed by atoms with Crippen LogP contribution in [0, 0.1) is 0 Å². The lowest BCUT2D eigenvalue weighted by Gasteiger charge is -2.12. The molecule has 1 aromatic carbocycles. The van der Waals surface area contributed by atoms with E-state index in [0.29, 0.717) is 23.3 Å². The number of aliphatic hydroxyl groups is 1. The first kappa shape index (κ1) is 10.6. The van der Waals surface area contributed by atoms with Crippen molar-refractivity contribution < 1.29 is 14.9 Å². The lowest BCUT2D eigenvalue weighted by molar-refractivity contribution is 0.271. The molecule has 0 amide bonds. The third-order valence-corrected chi connectivity index (χ3v) is 2.09. The smallest absolute Gasteiger partial charge is 0.124 e. The Morgan fingerprint density at radius 1 is 1.43 bits per heavy atom. The summed E-state index contributed by atoms with van der Waals surface area (Å²) in [6.07, 6.45) is 2.19. The monoisotopic (exact) mass is 194 g/mol. The number of allylic oxidation sites excluding steroid dienone is 1. The number of hydrogen-bond acceptors (Lipinski definition) is 3. The highest BCUT2D eigenvalue weighted by Crippen LogP contribution is 2.30. The second-order valence-corrected chi connectivity index (χ2v) is 2.89. The lowest BCUT2D eigenvalue weighted by Crippen LogP contribution is -1.98. The van der Waals surface area contributed by atoms with Gasteiger partial charge in [-0.3, -0.25) is 0 Å². The van der Waals surface area contributed by atoms with Crippen LogP contribution in [0.2, 0.25) is 0 Å². The Bertz CT molecular complexity index is 332. The van der Waals surface area contributed by atoms with E-state index in [9.17, 15) is 5.11 Å². The van der Waals surface area contributed by atoms with Crippen molar-refractivity contribution in [2.75, 3.05) is 7.11 Å². The molecule has 3 nitrogen and oxygen atoms in total. The Hall–Kier alpha value is -1.48. The van der Waals surface area contributed by atoms with Crippen molar-refractivity contribution in [3.63, 3.8) is 0 Å². The number of ether oxygens (including phenoxy) is 1. The van der Waals surface area contributed by atoms with Gasteiger partial charge >= 0.3 is 0 Å². The van der Waals surface area contributed by atoms with E-state index in [1.54, 1.807) is 18.2 Å². The highest BCUT2D eigenvalue weighted by Gasteiger charge is 2.11. The molecular formula is C11H14O3. The Morgan fingerprint density at radius 2 is 2.14 bits per heavy atom. The molecule has 0 unspecified atom stereocenters. The molecule has 0 aliphatic carbocycles. The van der Waals surface area contributed by atoms with Crippen LogP contribution in [-0.4, -0.2) is 17.3 Å². The van der Waals surface area contributed by atoms with Gasteiger partial charge in [0.15, 0.2) is 0 Å². The minimum Gasteiger partial charge on any atom is -0.508 e. The van der Waals surface area contributed by atoms with Crippen molar-refractivity contribution in [2.24, 2.45) is 0 Å². The second kappa shape index (κ2) is 4.67. The highest BCUT2D eigenvalue weighted by atomic mass is 16.5. The van der Waals surface area contributed by atoms with Crippen LogP contribution in [-0.2, 0) is 13.0 Å². The van der Waals surface area contributed by atoms with Gasteiger partial charge < -0.3 is 14.9 Å². The summed E-state index contributed by atoms with van der Waals surface area (Å²) in [5, 5.41) is 18.7. The van der Waals surface area contributed by atoms with Crippen LogP contribution in [0.25, 0.3) is 0 Å². The number of benzene rings is 1. The van der Waals surface area contributed by atoms with Gasteiger partial charge in [-0.15, -0.1) is 6.58 Å². The highest BCUT2D eigenvalue weighted by molar-refractivity contribution is 5.48. The number of phenolic OH excluding ortho intramolecular Hbond substituents is 1. The molecule has 1 aromatic rings. The molecule has 14 heavy (non-hydrogen) atoms. The van der Waals surface area contributed by atoms with E-state index in [2.05, 4.69) is 6.58 Å². The Kier molecular flexibility index (Phi) is 3.54. The first-order valence-electron chi connectivity index (χ1n) is 4.34. The SMILES string of the molecule is C=CCc1c(O)ccc(OC)c1CO. The fourth-order valence-electron chi connectivity index (χ4n) is 1.40. The van der Waals surface area contributed by atoms with E-state index in [1.807, 2.05) is 0 Å². The molecule has 0 saturated heterocycles. The van der Waals surface area contributed by atoms with E-state index in [-0.39, 0.29) is 12.4 Å². The Balaban J connectivity index is 3.26. The predicted molar refractivity (Wildman–Crippen MR) is 54.5 cm³/mol. The van der Waals surface area contributed by atoms with Crippen molar-refractivity contribution in [1.82, 2.24) is 0 Å². The molecule has 1 rings (SSSR count). The molecule has 0 spiro atoms. The number of aliphatic hydroxyl groups excluding tert-OH is 1. The lowest BCUT2D eigenvalue weighted by atomic mass is 10.0. The summed E-state index contributed by atoms with van der Waals surface area (Å²) in [5.41, 5.74) is 1.29. The summed E-state index contributed by atoms with van der Waals surface area (Å²) in [4.78, 5) is 0. The summed E-state index contributed by atoms with van der Waals surface area (Å²) >= 11 is 0. The minimum atomic E-state index is -0.152. The van der Waals surface area contributed by atoms with Crippen LogP contribution in [0.3, 0.4) is 0 Å². The number of phenols is 1. The van der Waals surface area contributed by atoms with Gasteiger partial charge in [0.25, 0.3) is 0 Å². The number of rotatable bonds is 4. The molecule has 3 heteroatoms. The van der Waals surface area contributed by atoms with E-state index < -0.39 is 0 Å². The van der Waals surface area contributed by atoms with Crippen molar-refractivity contribution >= 4 is 0 Å². The van der Waals surface area contributed by atoms with Gasteiger partial charge in [-0.05, 0) is 18.6 Å². The van der Waals surface area contributed by atoms with Crippen molar-refractivity contribution in [3.8, 4) is 11.5 Å². The first-order chi connectivity index (χ1) is 6.74. The number of aromatic hydroxyl groups is 1. The predicted octanol–water partition coefficient (Wildman–Crippen LogP) is 1.62. The Labute approximate surface area is 83.3 Å². The zero-order valence-corrected chi connectivity index (χ0v) is 8.16. The molecule has 0 fully saturated rings. The van der Waals surface area contributed by atoms with Gasteiger partial charge in [-0.1, -0.05) is 6.08 Å². The largest absolute Gasteiger partial charge is 0.508 e. The van der Waals surface area contributed by atoms with Crippen molar-refractivity contribution in [2.45, 2.75) is 13.0 Å². The topological polar surface area (TPSA) is 49.7 Å². The molecule has 2 N–H and O–H groups in total. The quantitative estimate of drug-likeness (QED) is 0.716. The molecule has 0 aliphatic heterocycles. The molecule has 0 atom stereocenters. The number of hydrogen-bond donors (Lipinski definition) is 2. The average Bonchev–Trinajstić information content (AvgIpc) is 2.21. The van der Waals surface area contributed by atoms with Gasteiger partial charge in [0.1, 0.15) is 11.5 Å². The zero-order chi connectivity index (χ0) is 10.6. The number of methoxy groups -OCH3 is 1. The van der Waals surface area contributed by atoms with Crippen LogP contribution in [0.15, 0.2) is 24.8 Å². The van der Waals surface area contributed by atoms with Crippen LogP contribution >= 0.6 is 0 Å². The van der Waals surface area contributed by atoms with E-state index in [1.165, 1.54) is 7.11 Å². The molecule has 0 aromatic heterocycles. The zero-order valence-electron chi connectivity index (χ0n) is 8.16. The summed E-state index contributed by atoms with van der Waals surface area (Å²) in [6, 6.07) is 3.18. The molecule has 0 aliphatic rings. The third kappa shape index (κ3) is 1.88. The maximum absolute atomic E-state index is 9.56. The molecule has 76 valence electrons. The third-order valence-electron chi connectivity index (χ3n) is 2.09. The maximum Gasteiger partial charge on any atom is 0.124 e. The fourth-order valence-corrected chi connectivity index (χ4v) is 1.40. The van der Waals surface area contributed by atoms with Gasteiger partial charge in [0.2, 0.25) is 0 Å². The fraction of sp³-hybridized carbons (Fsp3) is 0.273. The molecule has 0 radical (unpaired) electrons. The van der Waals surface area contributed by atoms with E-state index in [4.69, 9.17) is 9.84 Å². The van der Waals surface area contributed by atoms with E-state index in [0.717, 1.165) is 0 Å². The van der Waals surface area contributed by atoms with Gasteiger partial charge in [0, 0.05) is 11.1 Å². The minimum absolute atomic E-state index is 0.152.